The number of nitrogens with one attached hydrogen (secondary N) is 1. The summed E-state index contributed by atoms with van der Waals surface area (Å²) >= 11 is 0. The van der Waals surface area contributed by atoms with Crippen LogP contribution in [-0.4, -0.2) is 26.8 Å². The van der Waals surface area contributed by atoms with Crippen molar-refractivity contribution in [2.45, 2.75) is 6.54 Å². The smallest absolute Gasteiger partial charge is 0.271 e. The molecule has 0 saturated heterocycles. The second-order valence-electron chi connectivity index (χ2n) is 7.99. The lowest BCUT2D eigenvalue weighted by atomic mass is 10.2. The van der Waals surface area contributed by atoms with Crippen LogP contribution in [0.15, 0.2) is 114 Å². The van der Waals surface area contributed by atoms with Crippen LogP contribution in [0.3, 0.4) is 0 Å². The molecule has 7 nitrogen and oxygen atoms in total. The Kier molecular flexibility index (Phi) is 7.77. The van der Waals surface area contributed by atoms with Crippen molar-refractivity contribution in [1.29, 1.82) is 0 Å². The first-order valence-corrected chi connectivity index (χ1v) is 13.0. The Labute approximate surface area is 210 Å². The van der Waals surface area contributed by atoms with Crippen molar-refractivity contribution in [2.75, 3.05) is 10.6 Å². The molecule has 4 aromatic carbocycles. The number of carbonyl (C=O) groups is 1. The van der Waals surface area contributed by atoms with E-state index in [4.69, 9.17) is 4.74 Å². The summed E-state index contributed by atoms with van der Waals surface area (Å²) in [5.41, 5.74) is 4.93. The monoisotopic (exact) mass is 499 g/mol. The van der Waals surface area contributed by atoms with Crippen LogP contribution < -0.4 is 14.5 Å². The molecule has 0 heterocycles. The van der Waals surface area contributed by atoms with Gasteiger partial charge in [-0.05, 0) is 59.7 Å². The van der Waals surface area contributed by atoms with Gasteiger partial charge >= 0.3 is 0 Å². The molecule has 0 radical (unpaired) electrons. The average molecular weight is 500 g/mol. The number of nitrogens with zero attached hydrogens (tertiary/aromatic N) is 2. The van der Waals surface area contributed by atoms with Crippen LogP contribution in [0, 0.1) is 0 Å². The van der Waals surface area contributed by atoms with Crippen LogP contribution in [0.25, 0.3) is 0 Å². The topological polar surface area (TPSA) is 88.1 Å². The first kappa shape index (κ1) is 24.7. The zero-order valence-corrected chi connectivity index (χ0v) is 20.4. The standard InChI is InChI=1S/C28H25N3O4S/c1-36(33,34)31(21-22-9-4-2-5-10-22)25-17-15-24(16-18-25)28(32)30-29-20-23-11-8-14-27(19-23)35-26-12-6-3-7-13-26/h2-20H,21H2,1H3,(H,30,32)/b29-20+. The number of sulfonamides is 1. The molecule has 1 amide bonds. The number of carbonyl (C=O) groups excluding carboxylic acids is 1. The molecule has 0 saturated carbocycles. The third kappa shape index (κ3) is 6.80. The summed E-state index contributed by atoms with van der Waals surface area (Å²) in [5, 5.41) is 4.03. The predicted octanol–water partition coefficient (Wildman–Crippen LogP) is 5.21. The Bertz CT molecular complexity index is 1440. The van der Waals surface area contributed by atoms with Crippen LogP contribution >= 0.6 is 0 Å². The number of hydrogen-bond acceptors (Lipinski definition) is 5. The molecule has 1 N–H and O–H groups in total. The summed E-state index contributed by atoms with van der Waals surface area (Å²) in [6, 6.07) is 32.4. The van der Waals surface area contributed by atoms with Gasteiger partial charge in [0.15, 0.2) is 0 Å². The molecule has 182 valence electrons. The number of amides is 1. The highest BCUT2D eigenvalue weighted by atomic mass is 32.2. The lowest BCUT2D eigenvalue weighted by molar-refractivity contribution is 0.0955. The summed E-state index contributed by atoms with van der Waals surface area (Å²) in [6.07, 6.45) is 2.68. The summed E-state index contributed by atoms with van der Waals surface area (Å²) in [6.45, 7) is 0.197. The molecule has 0 atom stereocenters. The molecule has 0 aliphatic carbocycles. The maximum atomic E-state index is 12.5. The lowest BCUT2D eigenvalue weighted by Gasteiger charge is -2.22. The van der Waals surface area contributed by atoms with Gasteiger partial charge in [-0.2, -0.15) is 5.10 Å². The number of hydrogen-bond donors (Lipinski definition) is 1. The molecule has 0 aliphatic rings. The van der Waals surface area contributed by atoms with E-state index in [0.29, 0.717) is 17.0 Å². The van der Waals surface area contributed by atoms with Crippen molar-refractivity contribution >= 4 is 27.8 Å². The molecule has 0 aliphatic heterocycles. The molecule has 8 heteroatoms. The first-order chi connectivity index (χ1) is 17.4. The molecule has 0 spiro atoms. The van der Waals surface area contributed by atoms with E-state index in [1.165, 1.54) is 10.5 Å². The zero-order chi connectivity index (χ0) is 25.4. The summed E-state index contributed by atoms with van der Waals surface area (Å²) in [4.78, 5) is 12.5. The van der Waals surface area contributed by atoms with Crippen LogP contribution in [0.5, 0.6) is 11.5 Å². The van der Waals surface area contributed by atoms with Gasteiger partial charge in [-0.15, -0.1) is 0 Å². The fraction of sp³-hybridized carbons (Fsp3) is 0.0714. The van der Waals surface area contributed by atoms with E-state index in [1.807, 2.05) is 84.9 Å². The minimum absolute atomic E-state index is 0.197. The fourth-order valence-electron chi connectivity index (χ4n) is 3.44. The maximum absolute atomic E-state index is 12.5. The number of rotatable bonds is 9. The number of anilines is 1. The molecule has 0 fully saturated rings. The summed E-state index contributed by atoms with van der Waals surface area (Å²) in [5.74, 6) is 0.961. The Morgan fingerprint density at radius 2 is 1.50 bits per heavy atom. The Hall–Kier alpha value is -4.43. The predicted molar refractivity (Wildman–Crippen MR) is 142 cm³/mol. The van der Waals surface area contributed by atoms with Crippen molar-refractivity contribution in [3.05, 3.63) is 126 Å². The first-order valence-electron chi connectivity index (χ1n) is 11.2. The van der Waals surface area contributed by atoms with E-state index in [-0.39, 0.29) is 6.54 Å². The van der Waals surface area contributed by atoms with Crippen molar-refractivity contribution < 1.29 is 17.9 Å². The molecule has 36 heavy (non-hydrogen) atoms. The molecular formula is C28H25N3O4S. The Morgan fingerprint density at radius 3 is 2.17 bits per heavy atom. The molecule has 4 aromatic rings. The molecule has 0 unspecified atom stereocenters. The minimum atomic E-state index is -3.52. The molecule has 0 aromatic heterocycles. The zero-order valence-electron chi connectivity index (χ0n) is 19.6. The minimum Gasteiger partial charge on any atom is -0.457 e. The van der Waals surface area contributed by atoms with E-state index in [1.54, 1.807) is 24.3 Å². The van der Waals surface area contributed by atoms with Crippen LogP contribution in [0.1, 0.15) is 21.5 Å². The van der Waals surface area contributed by atoms with E-state index < -0.39 is 15.9 Å². The van der Waals surface area contributed by atoms with E-state index >= 15 is 0 Å². The van der Waals surface area contributed by atoms with Crippen LogP contribution in [0.2, 0.25) is 0 Å². The SMILES string of the molecule is CS(=O)(=O)N(Cc1ccccc1)c1ccc(C(=O)N/N=C/c2cccc(Oc3ccccc3)c2)cc1. The summed E-state index contributed by atoms with van der Waals surface area (Å²) < 4.78 is 31.9. The largest absolute Gasteiger partial charge is 0.457 e. The van der Waals surface area contributed by atoms with Gasteiger partial charge in [0.2, 0.25) is 10.0 Å². The highest BCUT2D eigenvalue weighted by Gasteiger charge is 2.18. The van der Waals surface area contributed by atoms with Crippen molar-refractivity contribution in [3.8, 4) is 11.5 Å². The molecule has 4 rings (SSSR count). The quantitative estimate of drug-likeness (QED) is 0.253. The molecule has 0 bridgehead atoms. The van der Waals surface area contributed by atoms with Gasteiger partial charge in [-0.25, -0.2) is 13.8 Å². The van der Waals surface area contributed by atoms with Crippen LogP contribution in [0.4, 0.5) is 5.69 Å². The third-order valence-electron chi connectivity index (χ3n) is 5.20. The highest BCUT2D eigenvalue weighted by Crippen LogP contribution is 2.22. The van der Waals surface area contributed by atoms with E-state index in [2.05, 4.69) is 10.5 Å². The van der Waals surface area contributed by atoms with Gasteiger partial charge in [-0.3, -0.25) is 9.10 Å². The van der Waals surface area contributed by atoms with Gasteiger partial charge in [-0.1, -0.05) is 60.7 Å². The molecular weight excluding hydrogens is 474 g/mol. The average Bonchev–Trinajstić information content (AvgIpc) is 2.88. The van der Waals surface area contributed by atoms with Gasteiger partial charge in [0.25, 0.3) is 5.91 Å². The Morgan fingerprint density at radius 1 is 0.861 bits per heavy atom. The maximum Gasteiger partial charge on any atom is 0.271 e. The highest BCUT2D eigenvalue weighted by molar-refractivity contribution is 7.92. The van der Waals surface area contributed by atoms with Crippen molar-refractivity contribution in [3.63, 3.8) is 0 Å². The fourth-order valence-corrected chi connectivity index (χ4v) is 4.33. The third-order valence-corrected chi connectivity index (χ3v) is 6.34. The van der Waals surface area contributed by atoms with E-state index in [0.717, 1.165) is 23.1 Å². The second-order valence-corrected chi connectivity index (χ2v) is 9.90. The lowest BCUT2D eigenvalue weighted by Crippen LogP contribution is -2.29. The van der Waals surface area contributed by atoms with Crippen molar-refractivity contribution in [1.82, 2.24) is 5.43 Å². The van der Waals surface area contributed by atoms with Crippen molar-refractivity contribution in [2.24, 2.45) is 5.10 Å². The van der Waals surface area contributed by atoms with Gasteiger partial charge in [0.1, 0.15) is 11.5 Å². The summed E-state index contributed by atoms with van der Waals surface area (Å²) in [7, 11) is -3.52. The second kappa shape index (κ2) is 11.3. The number of benzene rings is 4. The Balaban J connectivity index is 1.40. The van der Waals surface area contributed by atoms with Gasteiger partial charge in [0.05, 0.1) is 24.7 Å². The number of hydrazone groups is 1. The van der Waals surface area contributed by atoms with Gasteiger partial charge in [0, 0.05) is 5.56 Å². The van der Waals surface area contributed by atoms with E-state index in [9.17, 15) is 13.2 Å². The van der Waals surface area contributed by atoms with Gasteiger partial charge < -0.3 is 4.74 Å². The van der Waals surface area contributed by atoms with Crippen LogP contribution in [-0.2, 0) is 16.6 Å². The number of para-hydroxylation sites is 1. The number of ether oxygens (including phenoxy) is 1. The normalized spacial score (nSPS) is 11.2.